The van der Waals surface area contributed by atoms with Crippen molar-refractivity contribution >= 4 is 29.2 Å². The number of carbonyl (C=O) groups is 1. The Balaban J connectivity index is 1.71. The highest BCUT2D eigenvalue weighted by molar-refractivity contribution is 6.30. The second kappa shape index (κ2) is 11.1. The van der Waals surface area contributed by atoms with E-state index in [-0.39, 0.29) is 17.4 Å². The Kier molecular flexibility index (Phi) is 7.93. The summed E-state index contributed by atoms with van der Waals surface area (Å²) in [4.78, 5) is 32.3. The Bertz CT molecular complexity index is 1190. The molecular formula is C26H33ClN4O3. The van der Waals surface area contributed by atoms with E-state index in [1.165, 1.54) is 0 Å². The van der Waals surface area contributed by atoms with Crippen molar-refractivity contribution in [3.05, 3.63) is 51.9 Å². The second-order valence-electron chi connectivity index (χ2n) is 8.97. The number of halogens is 1. The van der Waals surface area contributed by atoms with E-state index in [1.807, 2.05) is 31.2 Å². The highest BCUT2D eigenvalue weighted by Crippen LogP contribution is 2.28. The lowest BCUT2D eigenvalue weighted by Gasteiger charge is -2.35. The van der Waals surface area contributed by atoms with Crippen LogP contribution in [0.15, 0.2) is 41.3 Å². The summed E-state index contributed by atoms with van der Waals surface area (Å²) in [5, 5.41) is 0.663. The zero-order chi connectivity index (χ0) is 24.1. The van der Waals surface area contributed by atoms with Gasteiger partial charge in [0.2, 0.25) is 5.78 Å². The van der Waals surface area contributed by atoms with Crippen molar-refractivity contribution in [1.82, 2.24) is 14.0 Å². The molecule has 8 heteroatoms. The van der Waals surface area contributed by atoms with E-state index in [1.54, 1.807) is 16.7 Å². The molecule has 0 radical (unpaired) electrons. The SMILES string of the molecule is CCCCCn1c(N2CCCC(CC(=O)OCC)C2)cc(=O)n2cc(-c3ccc(Cl)cc3)nc12. The van der Waals surface area contributed by atoms with Crippen LogP contribution in [0.1, 0.15) is 52.4 Å². The number of hydrogen-bond acceptors (Lipinski definition) is 5. The standard InChI is InChI=1S/C26H33ClN4O3/c1-3-5-6-14-30-23(29-13-7-8-19(17-29)15-25(33)34-4-2)16-24(32)31-18-22(28-26(30)31)20-9-11-21(27)12-10-20/h9-12,16,18-19H,3-8,13-15,17H2,1-2H3. The zero-order valence-electron chi connectivity index (χ0n) is 20.0. The summed E-state index contributed by atoms with van der Waals surface area (Å²) in [5.41, 5.74) is 1.56. The molecule has 0 spiro atoms. The van der Waals surface area contributed by atoms with Crippen molar-refractivity contribution < 1.29 is 9.53 Å². The van der Waals surface area contributed by atoms with Gasteiger partial charge in [-0.1, -0.05) is 43.5 Å². The number of imidazole rings is 1. The van der Waals surface area contributed by atoms with Gasteiger partial charge in [-0.25, -0.2) is 4.98 Å². The largest absolute Gasteiger partial charge is 0.466 e. The Labute approximate surface area is 205 Å². The number of fused-ring (bicyclic) bond motifs is 1. The lowest BCUT2D eigenvalue weighted by Crippen LogP contribution is -2.39. The number of hydrogen-bond donors (Lipinski definition) is 0. The number of aryl methyl sites for hydroxylation is 1. The average molecular weight is 485 g/mol. The molecule has 4 rings (SSSR count). The number of anilines is 1. The van der Waals surface area contributed by atoms with Crippen LogP contribution in [0, 0.1) is 5.92 Å². The first kappa shape index (κ1) is 24.3. The molecule has 3 aromatic rings. The third kappa shape index (κ3) is 5.46. The first-order valence-corrected chi connectivity index (χ1v) is 12.7. The first-order valence-electron chi connectivity index (χ1n) is 12.3. The van der Waals surface area contributed by atoms with Gasteiger partial charge in [-0.3, -0.25) is 18.6 Å². The predicted molar refractivity (Wildman–Crippen MR) is 136 cm³/mol. The van der Waals surface area contributed by atoms with Crippen LogP contribution in [0.4, 0.5) is 5.82 Å². The molecule has 7 nitrogen and oxygen atoms in total. The molecule has 0 bridgehead atoms. The Morgan fingerprint density at radius 3 is 2.74 bits per heavy atom. The number of rotatable bonds is 9. The number of aromatic nitrogens is 3. The van der Waals surface area contributed by atoms with Gasteiger partial charge in [0.25, 0.3) is 5.56 Å². The summed E-state index contributed by atoms with van der Waals surface area (Å²) < 4.78 is 8.98. The van der Waals surface area contributed by atoms with Crippen LogP contribution in [-0.4, -0.2) is 39.6 Å². The number of carbonyl (C=O) groups excluding carboxylic acids is 1. The highest BCUT2D eigenvalue weighted by Gasteiger charge is 2.26. The summed E-state index contributed by atoms with van der Waals surface area (Å²) in [5.74, 6) is 1.60. The van der Waals surface area contributed by atoms with E-state index < -0.39 is 0 Å². The van der Waals surface area contributed by atoms with Gasteiger partial charge in [-0.05, 0) is 44.2 Å². The molecule has 2 aromatic heterocycles. The number of benzene rings is 1. The summed E-state index contributed by atoms with van der Waals surface area (Å²) >= 11 is 6.05. The van der Waals surface area contributed by atoms with Crippen LogP contribution in [0.3, 0.4) is 0 Å². The van der Waals surface area contributed by atoms with E-state index in [0.29, 0.717) is 23.8 Å². The van der Waals surface area contributed by atoms with Gasteiger partial charge < -0.3 is 9.64 Å². The number of piperidine rings is 1. The fraction of sp³-hybridized carbons (Fsp3) is 0.500. The normalized spacial score (nSPS) is 16.2. The molecule has 1 fully saturated rings. The van der Waals surface area contributed by atoms with E-state index in [2.05, 4.69) is 16.4 Å². The first-order chi connectivity index (χ1) is 16.5. The van der Waals surface area contributed by atoms with Crippen molar-refractivity contribution in [1.29, 1.82) is 0 Å². The molecule has 3 heterocycles. The lowest BCUT2D eigenvalue weighted by atomic mass is 9.95. The number of nitrogens with zero attached hydrogens (tertiary/aromatic N) is 4. The number of esters is 1. The molecule has 0 saturated carbocycles. The van der Waals surface area contributed by atoms with Gasteiger partial charge in [0.15, 0.2) is 0 Å². The molecule has 182 valence electrons. The van der Waals surface area contributed by atoms with Gasteiger partial charge in [0, 0.05) is 42.5 Å². The van der Waals surface area contributed by atoms with E-state index in [4.69, 9.17) is 21.3 Å². The third-order valence-electron chi connectivity index (χ3n) is 6.42. The molecule has 1 unspecified atom stereocenters. The molecule has 1 aliphatic heterocycles. The van der Waals surface area contributed by atoms with Crippen molar-refractivity contribution in [2.45, 2.75) is 58.9 Å². The molecule has 0 amide bonds. The van der Waals surface area contributed by atoms with E-state index in [9.17, 15) is 9.59 Å². The molecule has 1 aliphatic rings. The minimum atomic E-state index is -0.147. The number of unbranched alkanes of at least 4 members (excludes halogenated alkanes) is 2. The predicted octanol–water partition coefficient (Wildman–Crippen LogP) is 5.18. The summed E-state index contributed by atoms with van der Waals surface area (Å²) in [6.45, 7) is 6.78. The van der Waals surface area contributed by atoms with Crippen LogP contribution in [-0.2, 0) is 16.1 Å². The van der Waals surface area contributed by atoms with Crippen LogP contribution in [0.25, 0.3) is 17.0 Å². The minimum Gasteiger partial charge on any atom is -0.466 e. The van der Waals surface area contributed by atoms with E-state index in [0.717, 1.165) is 68.8 Å². The molecule has 0 N–H and O–H groups in total. The second-order valence-corrected chi connectivity index (χ2v) is 9.40. The van der Waals surface area contributed by atoms with Crippen LogP contribution in [0.2, 0.25) is 5.02 Å². The van der Waals surface area contributed by atoms with Crippen molar-refractivity contribution in [3.8, 4) is 11.3 Å². The van der Waals surface area contributed by atoms with Crippen LogP contribution in [0.5, 0.6) is 0 Å². The summed E-state index contributed by atoms with van der Waals surface area (Å²) in [6.07, 6.45) is 7.41. The van der Waals surface area contributed by atoms with Crippen molar-refractivity contribution in [3.63, 3.8) is 0 Å². The molecule has 1 saturated heterocycles. The van der Waals surface area contributed by atoms with Crippen LogP contribution < -0.4 is 10.5 Å². The smallest absolute Gasteiger partial charge is 0.306 e. The minimum absolute atomic E-state index is 0.100. The summed E-state index contributed by atoms with van der Waals surface area (Å²) in [7, 11) is 0. The maximum atomic E-state index is 13.2. The van der Waals surface area contributed by atoms with Gasteiger partial charge in [-0.2, -0.15) is 0 Å². The zero-order valence-corrected chi connectivity index (χ0v) is 20.8. The van der Waals surface area contributed by atoms with Crippen molar-refractivity contribution in [2.24, 2.45) is 5.92 Å². The molecule has 34 heavy (non-hydrogen) atoms. The Morgan fingerprint density at radius 2 is 2.00 bits per heavy atom. The molecule has 1 aromatic carbocycles. The van der Waals surface area contributed by atoms with Crippen molar-refractivity contribution in [2.75, 3.05) is 24.6 Å². The highest BCUT2D eigenvalue weighted by atomic mass is 35.5. The maximum Gasteiger partial charge on any atom is 0.306 e. The molecule has 0 aliphatic carbocycles. The molecule has 1 atom stereocenters. The fourth-order valence-electron chi connectivity index (χ4n) is 4.74. The Hall–Kier alpha value is -2.80. The monoisotopic (exact) mass is 484 g/mol. The van der Waals surface area contributed by atoms with E-state index >= 15 is 0 Å². The van der Waals surface area contributed by atoms with Crippen LogP contribution >= 0.6 is 11.6 Å². The van der Waals surface area contributed by atoms with Gasteiger partial charge >= 0.3 is 5.97 Å². The fourth-order valence-corrected chi connectivity index (χ4v) is 4.86. The topological polar surface area (TPSA) is 68.8 Å². The third-order valence-corrected chi connectivity index (χ3v) is 6.68. The summed E-state index contributed by atoms with van der Waals surface area (Å²) in [6, 6.07) is 9.22. The lowest BCUT2D eigenvalue weighted by molar-refractivity contribution is -0.144. The molecular weight excluding hydrogens is 452 g/mol. The van der Waals surface area contributed by atoms with Gasteiger partial charge in [0.05, 0.1) is 18.7 Å². The number of ether oxygens (including phenoxy) is 1. The maximum absolute atomic E-state index is 13.2. The average Bonchev–Trinajstić information content (AvgIpc) is 3.27. The quantitative estimate of drug-likeness (QED) is 0.309. The van der Waals surface area contributed by atoms with Gasteiger partial charge in [-0.15, -0.1) is 0 Å². The Morgan fingerprint density at radius 1 is 1.21 bits per heavy atom. The van der Waals surface area contributed by atoms with Gasteiger partial charge in [0.1, 0.15) is 5.82 Å².